The molecule has 3 saturated heterocycles. The van der Waals surface area contributed by atoms with Crippen LogP contribution in [0.1, 0.15) is 74.7 Å². The zero-order valence-electron chi connectivity index (χ0n) is 37.1. The Kier molecular flexibility index (Phi) is 15.4. The predicted octanol–water partition coefficient (Wildman–Crippen LogP) is 2.88. The van der Waals surface area contributed by atoms with Crippen LogP contribution in [0.3, 0.4) is 0 Å². The average Bonchev–Trinajstić information content (AvgIpc) is 3.79. The van der Waals surface area contributed by atoms with Gasteiger partial charge in [-0.1, -0.05) is 56.3 Å². The van der Waals surface area contributed by atoms with E-state index in [-0.39, 0.29) is 37.5 Å². The molecule has 1 aromatic heterocycles. The van der Waals surface area contributed by atoms with Crippen LogP contribution in [0.25, 0.3) is 11.3 Å². The predicted molar refractivity (Wildman–Crippen MR) is 219 cm³/mol. The van der Waals surface area contributed by atoms with E-state index >= 15 is 0 Å². The van der Waals surface area contributed by atoms with Crippen LogP contribution in [0.4, 0.5) is 9.59 Å². The van der Waals surface area contributed by atoms with E-state index in [1.807, 2.05) is 82.0 Å². The van der Waals surface area contributed by atoms with Gasteiger partial charge in [0.05, 0.1) is 29.9 Å². The van der Waals surface area contributed by atoms with Gasteiger partial charge in [0.2, 0.25) is 0 Å². The third kappa shape index (κ3) is 11.2. The normalized spacial score (nSPS) is 36.7. The molecule has 19 nitrogen and oxygen atoms in total. The quantitative estimate of drug-likeness (QED) is 0.170. The Bertz CT molecular complexity index is 1810. The summed E-state index contributed by atoms with van der Waals surface area (Å²) >= 11 is 0. The highest BCUT2D eigenvalue weighted by Crippen LogP contribution is 2.40. The van der Waals surface area contributed by atoms with Crippen LogP contribution in [-0.4, -0.2) is 153 Å². The summed E-state index contributed by atoms with van der Waals surface area (Å²) in [6.07, 6.45) is -6.59. The van der Waals surface area contributed by atoms with Gasteiger partial charge in [0.15, 0.2) is 18.0 Å². The molecule has 340 valence electrons. The number of benzene rings is 1. The van der Waals surface area contributed by atoms with E-state index in [1.165, 1.54) is 11.6 Å². The van der Waals surface area contributed by atoms with Crippen LogP contribution in [-0.2, 0) is 44.6 Å². The number of amides is 2. The third-order valence-electron chi connectivity index (χ3n) is 12.3. The lowest BCUT2D eigenvalue weighted by molar-refractivity contribution is -0.299. The molecule has 2 amide bonds. The molecule has 4 heterocycles. The highest BCUT2D eigenvalue weighted by molar-refractivity contribution is 5.79. The maximum absolute atomic E-state index is 14.3. The number of hydrogen-bond donors (Lipinski definition) is 4. The summed E-state index contributed by atoms with van der Waals surface area (Å²) in [5, 5.41) is 32.2. The number of hydrazine groups is 1. The maximum atomic E-state index is 14.3. The monoisotopic (exact) mass is 859 g/mol. The molecule has 2 aromatic rings. The van der Waals surface area contributed by atoms with Gasteiger partial charge in [-0.2, -0.15) is 0 Å². The number of aliphatic hydroxyl groups is 2. The number of cyclic esters (lactones) is 1. The van der Waals surface area contributed by atoms with Gasteiger partial charge in [0, 0.05) is 30.1 Å². The molecule has 4 N–H and O–H groups in total. The van der Waals surface area contributed by atoms with E-state index in [0.29, 0.717) is 18.7 Å². The smallest absolute Gasteiger partial charge is 0.458 e. The SMILES string of the molecule is CC[C@H]1OC(=O)[C@H](C)[C@@H](OC(=O)NNC(=O)Cn2cc(-c3ccccc3)nn2)[C@H](C)[C@@H](O[C@@H]2O[C@H](C)C[C@H](N(C)C)[C@H]2O)[C@](C)(O)C[C@@H](C)CN(C)[C@H](C)[C@H]2OC(=O)O[C@@]21C. The van der Waals surface area contributed by atoms with E-state index in [0.717, 1.165) is 5.56 Å². The molecule has 3 fully saturated rings. The molecule has 0 spiro atoms. The largest absolute Gasteiger partial charge is 0.509 e. The van der Waals surface area contributed by atoms with Crippen LogP contribution in [0.2, 0.25) is 0 Å². The average molecular weight is 860 g/mol. The maximum Gasteiger partial charge on any atom is 0.509 e. The highest BCUT2D eigenvalue weighted by atomic mass is 16.8. The van der Waals surface area contributed by atoms with E-state index in [4.69, 9.17) is 28.4 Å². The summed E-state index contributed by atoms with van der Waals surface area (Å²) in [6.45, 7) is 14.1. The lowest BCUT2D eigenvalue weighted by atomic mass is 9.77. The van der Waals surface area contributed by atoms with Crippen molar-refractivity contribution in [1.82, 2.24) is 35.6 Å². The number of aromatic nitrogens is 3. The standard InChI is InChI=1S/C42H65N7O12/c1-12-31-42(8)36(60-40(54)61-42)27(6)48(11)20-23(2)19-41(7,55)35(59-38-33(51)30(47(9)10)18-24(3)56-38)25(4)34(26(5)37(52)57-31)58-39(53)45-44-32(50)22-49-21-29(43-46-49)28-16-14-13-15-17-28/h13-17,21,23-27,30-31,33-36,38,51,55H,12,18-20,22H2,1-11H3,(H,44,50)(H,45,53)/t23-,24-,25+,26-,27-,30+,31-,33-,34+,35-,36-,38+,41-,42-/m1/s1. The van der Waals surface area contributed by atoms with Crippen molar-refractivity contribution in [2.24, 2.45) is 17.8 Å². The van der Waals surface area contributed by atoms with E-state index in [1.54, 1.807) is 33.9 Å². The van der Waals surface area contributed by atoms with Crippen molar-refractivity contribution >= 4 is 24.1 Å². The van der Waals surface area contributed by atoms with Crippen LogP contribution in [0, 0.1) is 17.8 Å². The van der Waals surface area contributed by atoms with Crippen molar-refractivity contribution in [1.29, 1.82) is 0 Å². The van der Waals surface area contributed by atoms with Gasteiger partial charge in [0.1, 0.15) is 30.6 Å². The number of ether oxygens (including phenoxy) is 6. The number of carbonyl (C=O) groups excluding carboxylic acids is 4. The van der Waals surface area contributed by atoms with Gasteiger partial charge in [-0.3, -0.25) is 19.9 Å². The van der Waals surface area contributed by atoms with Crippen LogP contribution in [0.15, 0.2) is 36.5 Å². The first-order valence-corrected chi connectivity index (χ1v) is 21.0. The van der Waals surface area contributed by atoms with Gasteiger partial charge in [-0.05, 0) is 80.9 Å². The second kappa shape index (κ2) is 19.8. The van der Waals surface area contributed by atoms with Crippen LogP contribution in [0.5, 0.6) is 0 Å². The molecule has 5 rings (SSSR count). The number of esters is 1. The van der Waals surface area contributed by atoms with E-state index in [9.17, 15) is 29.4 Å². The molecule has 61 heavy (non-hydrogen) atoms. The van der Waals surface area contributed by atoms with Gasteiger partial charge in [0.25, 0.3) is 5.91 Å². The molecule has 1 aromatic carbocycles. The van der Waals surface area contributed by atoms with Crippen molar-refractivity contribution in [3.05, 3.63) is 36.5 Å². The fraction of sp³-hybridized carbons (Fsp3) is 0.714. The number of fused-ring (bicyclic) bond motifs is 1. The first kappa shape index (κ1) is 47.6. The zero-order chi connectivity index (χ0) is 45.0. The molecule has 3 aliphatic rings. The molecule has 0 aliphatic carbocycles. The summed E-state index contributed by atoms with van der Waals surface area (Å²) in [5.41, 5.74) is 2.85. The number of nitrogens with zero attached hydrogens (tertiary/aromatic N) is 5. The highest BCUT2D eigenvalue weighted by Gasteiger charge is 2.58. The number of nitrogens with one attached hydrogen (secondary N) is 2. The molecular formula is C42H65N7O12. The first-order valence-electron chi connectivity index (χ1n) is 21.0. The Morgan fingerprint density at radius 1 is 1.05 bits per heavy atom. The third-order valence-corrected chi connectivity index (χ3v) is 12.3. The van der Waals surface area contributed by atoms with Crippen molar-refractivity contribution in [3.8, 4) is 11.3 Å². The number of likely N-dealkylation sites (N-methyl/N-ethyl adjacent to an activating group) is 2. The Labute approximate surface area is 357 Å². The second-order valence-electron chi connectivity index (χ2n) is 17.7. The minimum atomic E-state index is -1.68. The van der Waals surface area contributed by atoms with Gasteiger partial charge in [-0.25, -0.2) is 19.7 Å². The summed E-state index contributed by atoms with van der Waals surface area (Å²) in [7, 11) is 5.56. The van der Waals surface area contributed by atoms with Crippen LogP contribution < -0.4 is 10.9 Å². The summed E-state index contributed by atoms with van der Waals surface area (Å²) < 4.78 is 37.7. The second-order valence-corrected chi connectivity index (χ2v) is 17.7. The number of hydrogen-bond acceptors (Lipinski definition) is 16. The van der Waals surface area contributed by atoms with Gasteiger partial charge in [-0.15, -0.1) is 5.10 Å². The van der Waals surface area contributed by atoms with Crippen molar-refractivity contribution in [3.63, 3.8) is 0 Å². The molecule has 0 saturated carbocycles. The molecule has 3 aliphatic heterocycles. The molecule has 0 bridgehead atoms. The summed E-state index contributed by atoms with van der Waals surface area (Å²) in [4.78, 5) is 57.5. The van der Waals surface area contributed by atoms with Crippen LogP contribution >= 0.6 is 0 Å². The summed E-state index contributed by atoms with van der Waals surface area (Å²) in [5.74, 6) is -3.88. The van der Waals surface area contributed by atoms with Crippen molar-refractivity contribution in [2.45, 2.75) is 147 Å². The fourth-order valence-electron chi connectivity index (χ4n) is 9.12. The Balaban J connectivity index is 1.46. The summed E-state index contributed by atoms with van der Waals surface area (Å²) in [6, 6.07) is 8.53. The fourth-order valence-corrected chi connectivity index (χ4v) is 9.12. The molecular weight excluding hydrogens is 794 g/mol. The molecule has 0 unspecified atom stereocenters. The Morgan fingerprint density at radius 2 is 1.74 bits per heavy atom. The Hall–Kier alpha value is -4.40. The lowest BCUT2D eigenvalue weighted by Gasteiger charge is -2.47. The number of carbonyl (C=O) groups is 4. The zero-order valence-corrected chi connectivity index (χ0v) is 37.1. The molecule has 0 radical (unpaired) electrons. The van der Waals surface area contributed by atoms with Crippen molar-refractivity contribution in [2.75, 3.05) is 27.7 Å². The minimum absolute atomic E-state index is 0.145. The van der Waals surface area contributed by atoms with Gasteiger partial charge >= 0.3 is 18.2 Å². The van der Waals surface area contributed by atoms with E-state index < -0.39 is 90.0 Å². The number of aliphatic hydroxyl groups excluding tert-OH is 1. The molecule has 14 atom stereocenters. The Morgan fingerprint density at radius 3 is 2.39 bits per heavy atom. The number of rotatable bonds is 8. The van der Waals surface area contributed by atoms with Gasteiger partial charge < -0.3 is 43.5 Å². The minimum Gasteiger partial charge on any atom is -0.458 e. The van der Waals surface area contributed by atoms with Crippen molar-refractivity contribution < 1.29 is 57.8 Å². The molecule has 19 heteroatoms. The topological polar surface area (TPSA) is 225 Å². The van der Waals surface area contributed by atoms with E-state index in [2.05, 4.69) is 21.2 Å². The first-order chi connectivity index (χ1) is 28.6. The lowest BCUT2D eigenvalue weighted by Crippen LogP contribution is -2.59.